The van der Waals surface area contributed by atoms with Crippen molar-refractivity contribution in [3.8, 4) is 5.75 Å². The molecule has 0 saturated carbocycles. The molecule has 0 radical (unpaired) electrons. The van der Waals surface area contributed by atoms with Crippen molar-refractivity contribution in [2.45, 2.75) is 25.9 Å². The molecular weight excluding hydrogens is 250 g/mol. The van der Waals surface area contributed by atoms with Crippen molar-refractivity contribution in [2.75, 3.05) is 20.3 Å². The van der Waals surface area contributed by atoms with Crippen LogP contribution in [0.15, 0.2) is 18.2 Å². The number of nitrogens with one attached hydrogen (secondary N) is 1. The van der Waals surface area contributed by atoms with Crippen LogP contribution >= 0.6 is 11.6 Å². The van der Waals surface area contributed by atoms with Gasteiger partial charge in [-0.15, -0.1) is 0 Å². The molecule has 1 fully saturated rings. The smallest absolute Gasteiger partial charge is 0.137 e. The van der Waals surface area contributed by atoms with Gasteiger partial charge in [0.1, 0.15) is 5.75 Å². The molecule has 0 spiro atoms. The Kier molecular flexibility index (Phi) is 4.87. The van der Waals surface area contributed by atoms with Crippen LogP contribution in [0.5, 0.6) is 5.75 Å². The van der Waals surface area contributed by atoms with Crippen molar-refractivity contribution in [3.63, 3.8) is 0 Å². The molecule has 0 bridgehead atoms. The Hall–Kier alpha value is -0.770. The average molecular weight is 270 g/mol. The molecule has 0 amide bonds. The Labute approximate surface area is 113 Å². The van der Waals surface area contributed by atoms with E-state index in [4.69, 9.17) is 21.1 Å². The van der Waals surface area contributed by atoms with Crippen molar-refractivity contribution >= 4 is 11.6 Å². The molecule has 1 heterocycles. The maximum atomic E-state index is 6.10. The molecule has 4 heteroatoms. The summed E-state index contributed by atoms with van der Waals surface area (Å²) in [6, 6.07) is 6.36. The fourth-order valence-electron chi connectivity index (χ4n) is 2.21. The average Bonchev–Trinajstić information content (AvgIpc) is 2.90. The maximum Gasteiger partial charge on any atom is 0.137 e. The number of methoxy groups -OCH3 is 1. The minimum absolute atomic E-state index is 0.466. The molecule has 1 aromatic carbocycles. The van der Waals surface area contributed by atoms with Crippen LogP contribution < -0.4 is 10.1 Å². The number of ether oxygens (including phenoxy) is 2. The van der Waals surface area contributed by atoms with E-state index in [0.717, 1.165) is 31.9 Å². The lowest BCUT2D eigenvalue weighted by atomic mass is 10.0. The van der Waals surface area contributed by atoms with Crippen LogP contribution in [-0.4, -0.2) is 26.4 Å². The van der Waals surface area contributed by atoms with E-state index < -0.39 is 0 Å². The van der Waals surface area contributed by atoms with Crippen molar-refractivity contribution < 1.29 is 9.47 Å². The Balaban J connectivity index is 1.87. The molecule has 0 aliphatic carbocycles. The second kappa shape index (κ2) is 6.41. The summed E-state index contributed by atoms with van der Waals surface area (Å²) in [7, 11) is 1.63. The van der Waals surface area contributed by atoms with Gasteiger partial charge in [0.2, 0.25) is 0 Å². The number of hydrogen-bond donors (Lipinski definition) is 1. The summed E-state index contributed by atoms with van der Waals surface area (Å²) in [4.78, 5) is 0. The summed E-state index contributed by atoms with van der Waals surface area (Å²) >= 11 is 6.10. The lowest BCUT2D eigenvalue weighted by Gasteiger charge is -2.19. The Morgan fingerprint density at radius 3 is 3.00 bits per heavy atom. The molecule has 1 aliphatic rings. The molecule has 1 saturated heterocycles. The van der Waals surface area contributed by atoms with E-state index in [-0.39, 0.29) is 0 Å². The summed E-state index contributed by atoms with van der Waals surface area (Å²) < 4.78 is 10.5. The van der Waals surface area contributed by atoms with Crippen molar-refractivity contribution in [1.29, 1.82) is 0 Å². The van der Waals surface area contributed by atoms with Gasteiger partial charge in [-0.05, 0) is 37.0 Å². The zero-order valence-corrected chi connectivity index (χ0v) is 11.7. The standard InChI is InChI=1S/C14H20ClNO2/c1-10(12-5-6-18-9-12)16-8-11-3-4-14(17-2)13(15)7-11/h3-4,7,10,12,16H,5-6,8-9H2,1-2H3. The van der Waals surface area contributed by atoms with Crippen LogP contribution in [0.3, 0.4) is 0 Å². The zero-order chi connectivity index (χ0) is 13.0. The molecule has 3 nitrogen and oxygen atoms in total. The van der Waals surface area contributed by atoms with Gasteiger partial charge in [-0.1, -0.05) is 17.7 Å². The van der Waals surface area contributed by atoms with Gasteiger partial charge >= 0.3 is 0 Å². The second-order valence-electron chi connectivity index (χ2n) is 4.76. The van der Waals surface area contributed by atoms with Gasteiger partial charge in [-0.25, -0.2) is 0 Å². The molecule has 2 unspecified atom stereocenters. The Morgan fingerprint density at radius 2 is 2.39 bits per heavy atom. The monoisotopic (exact) mass is 269 g/mol. The summed E-state index contributed by atoms with van der Waals surface area (Å²) in [5, 5.41) is 4.19. The number of benzene rings is 1. The normalized spacial score (nSPS) is 20.9. The predicted octanol–water partition coefficient (Wildman–Crippen LogP) is 2.86. The second-order valence-corrected chi connectivity index (χ2v) is 5.17. The van der Waals surface area contributed by atoms with E-state index in [1.807, 2.05) is 18.2 Å². The van der Waals surface area contributed by atoms with E-state index in [1.165, 1.54) is 5.56 Å². The summed E-state index contributed by atoms with van der Waals surface area (Å²) in [6.07, 6.45) is 1.15. The lowest BCUT2D eigenvalue weighted by molar-refractivity contribution is 0.178. The van der Waals surface area contributed by atoms with E-state index in [1.54, 1.807) is 7.11 Å². The van der Waals surface area contributed by atoms with Crippen molar-refractivity contribution in [1.82, 2.24) is 5.32 Å². The van der Waals surface area contributed by atoms with Crippen LogP contribution in [0.1, 0.15) is 18.9 Å². The number of halogens is 1. The third kappa shape index (κ3) is 3.37. The fraction of sp³-hybridized carbons (Fsp3) is 0.571. The van der Waals surface area contributed by atoms with E-state index in [0.29, 0.717) is 17.0 Å². The summed E-state index contributed by atoms with van der Waals surface area (Å²) in [5.74, 6) is 1.34. The highest BCUT2D eigenvalue weighted by molar-refractivity contribution is 6.32. The topological polar surface area (TPSA) is 30.5 Å². The third-order valence-electron chi connectivity index (χ3n) is 3.52. The molecule has 1 aliphatic heterocycles. The molecule has 2 rings (SSSR count). The van der Waals surface area contributed by atoms with Crippen LogP contribution in [0.4, 0.5) is 0 Å². The molecule has 18 heavy (non-hydrogen) atoms. The first-order chi connectivity index (χ1) is 8.70. The van der Waals surface area contributed by atoms with E-state index in [9.17, 15) is 0 Å². The van der Waals surface area contributed by atoms with Crippen LogP contribution in [0.25, 0.3) is 0 Å². The van der Waals surface area contributed by atoms with Crippen LogP contribution in [0, 0.1) is 5.92 Å². The molecule has 1 aromatic rings. The minimum atomic E-state index is 0.466. The first-order valence-electron chi connectivity index (χ1n) is 6.34. The zero-order valence-electron chi connectivity index (χ0n) is 10.9. The third-order valence-corrected chi connectivity index (χ3v) is 3.81. The van der Waals surface area contributed by atoms with Gasteiger partial charge in [-0.3, -0.25) is 0 Å². The molecule has 100 valence electrons. The van der Waals surface area contributed by atoms with Crippen LogP contribution in [0.2, 0.25) is 5.02 Å². The van der Waals surface area contributed by atoms with Crippen molar-refractivity contribution in [3.05, 3.63) is 28.8 Å². The predicted molar refractivity (Wildman–Crippen MR) is 73.2 cm³/mol. The SMILES string of the molecule is COc1ccc(CNC(C)C2CCOC2)cc1Cl. The van der Waals surface area contributed by atoms with Gasteiger partial charge in [0.15, 0.2) is 0 Å². The highest BCUT2D eigenvalue weighted by Gasteiger charge is 2.21. The van der Waals surface area contributed by atoms with Gasteiger partial charge in [0.05, 0.1) is 18.7 Å². The molecule has 2 atom stereocenters. The molecule has 1 N–H and O–H groups in total. The number of rotatable bonds is 5. The minimum Gasteiger partial charge on any atom is -0.495 e. The van der Waals surface area contributed by atoms with Crippen LogP contribution in [-0.2, 0) is 11.3 Å². The van der Waals surface area contributed by atoms with E-state index in [2.05, 4.69) is 12.2 Å². The first-order valence-corrected chi connectivity index (χ1v) is 6.72. The van der Waals surface area contributed by atoms with Gasteiger partial charge in [-0.2, -0.15) is 0 Å². The summed E-state index contributed by atoms with van der Waals surface area (Å²) in [5.41, 5.74) is 1.17. The van der Waals surface area contributed by atoms with Gasteiger partial charge in [0.25, 0.3) is 0 Å². The molecule has 0 aromatic heterocycles. The number of hydrogen-bond acceptors (Lipinski definition) is 3. The van der Waals surface area contributed by atoms with Gasteiger partial charge in [0, 0.05) is 19.2 Å². The highest BCUT2D eigenvalue weighted by Crippen LogP contribution is 2.25. The highest BCUT2D eigenvalue weighted by atomic mass is 35.5. The fourth-order valence-corrected chi connectivity index (χ4v) is 2.49. The summed E-state index contributed by atoms with van der Waals surface area (Å²) in [6.45, 7) is 4.80. The molecular formula is C14H20ClNO2. The van der Waals surface area contributed by atoms with E-state index >= 15 is 0 Å². The Morgan fingerprint density at radius 1 is 1.56 bits per heavy atom. The Bertz CT molecular complexity index is 391. The quantitative estimate of drug-likeness (QED) is 0.892. The lowest BCUT2D eigenvalue weighted by Crippen LogP contribution is -2.33. The first kappa shape index (κ1) is 13.7. The van der Waals surface area contributed by atoms with Crippen molar-refractivity contribution in [2.24, 2.45) is 5.92 Å². The largest absolute Gasteiger partial charge is 0.495 e. The van der Waals surface area contributed by atoms with Gasteiger partial charge < -0.3 is 14.8 Å². The maximum absolute atomic E-state index is 6.10.